The summed E-state index contributed by atoms with van der Waals surface area (Å²) in [7, 11) is 0. The van der Waals surface area contributed by atoms with Crippen LogP contribution in [0.5, 0.6) is 0 Å². The topological polar surface area (TPSA) is 4.93 Å². The number of rotatable bonds is 5. The van der Waals surface area contributed by atoms with Gasteiger partial charge in [0.2, 0.25) is 0 Å². The van der Waals surface area contributed by atoms with E-state index < -0.39 is 0 Å². The van der Waals surface area contributed by atoms with Gasteiger partial charge in [0.25, 0.3) is 0 Å². The molecule has 3 aromatic carbocycles. The molecule has 0 fully saturated rings. The van der Waals surface area contributed by atoms with Gasteiger partial charge in [-0.1, -0.05) is 106 Å². The van der Waals surface area contributed by atoms with Crippen molar-refractivity contribution < 1.29 is 0 Å². The normalized spacial score (nSPS) is 13.0. The van der Waals surface area contributed by atoms with Crippen molar-refractivity contribution in [3.63, 3.8) is 0 Å². The molecule has 0 saturated heterocycles. The van der Waals surface area contributed by atoms with Crippen LogP contribution < -0.4 is 0 Å². The lowest BCUT2D eigenvalue weighted by Crippen LogP contribution is -2.30. The van der Waals surface area contributed by atoms with Gasteiger partial charge < -0.3 is 4.57 Å². The van der Waals surface area contributed by atoms with Crippen LogP contribution in [0.15, 0.2) is 79.0 Å². The van der Waals surface area contributed by atoms with E-state index >= 15 is 0 Å². The zero-order chi connectivity index (χ0) is 22.6. The molecule has 0 spiro atoms. The van der Waals surface area contributed by atoms with Crippen LogP contribution in [0, 0.1) is 12.8 Å². The number of benzene rings is 3. The highest BCUT2D eigenvalue weighted by molar-refractivity contribution is 6.30. The number of hydrogen-bond donors (Lipinski definition) is 0. The molecule has 1 heterocycles. The molecule has 0 aliphatic carbocycles. The Hall–Kier alpha value is -2.51. The van der Waals surface area contributed by atoms with Gasteiger partial charge in [-0.05, 0) is 47.7 Å². The minimum absolute atomic E-state index is 0.0709. The quantitative estimate of drug-likeness (QED) is 0.298. The van der Waals surface area contributed by atoms with Crippen LogP contribution in [0.25, 0.3) is 10.9 Å². The fourth-order valence-corrected chi connectivity index (χ4v) is 4.40. The number of fused-ring (bicyclic) bond motifs is 1. The molecule has 1 aromatic heterocycles. The van der Waals surface area contributed by atoms with Gasteiger partial charge in [0, 0.05) is 34.1 Å². The average molecular weight is 432 g/mol. The molecule has 2 heteroatoms. The number of nitrogens with zero attached hydrogens (tertiary/aromatic N) is 1. The highest BCUT2D eigenvalue weighted by Crippen LogP contribution is 2.43. The Bertz CT molecular complexity index is 1120. The van der Waals surface area contributed by atoms with Crippen molar-refractivity contribution in [2.24, 2.45) is 5.92 Å². The van der Waals surface area contributed by atoms with Crippen molar-refractivity contribution in [2.45, 2.75) is 53.5 Å². The Labute approximate surface area is 192 Å². The molecule has 31 heavy (non-hydrogen) atoms. The first-order chi connectivity index (χ1) is 14.9. The first-order valence-electron chi connectivity index (χ1n) is 11.3. The summed E-state index contributed by atoms with van der Waals surface area (Å²) < 4.78 is 2.38. The number of aromatic nitrogens is 1. The fraction of sp³-hybridized carbons (Fsp3) is 0.310. The van der Waals surface area contributed by atoms with Crippen LogP contribution in [0.1, 0.15) is 56.9 Å². The fourth-order valence-electron chi connectivity index (χ4n) is 4.28. The molecule has 0 N–H and O–H groups in total. The summed E-state index contributed by atoms with van der Waals surface area (Å²) in [5.41, 5.74) is 6.51. The van der Waals surface area contributed by atoms with Gasteiger partial charge >= 0.3 is 0 Å². The summed E-state index contributed by atoms with van der Waals surface area (Å²) in [4.78, 5) is 0. The molecule has 0 amide bonds. The zero-order valence-corrected chi connectivity index (χ0v) is 20.4. The van der Waals surface area contributed by atoms with Gasteiger partial charge in [0.1, 0.15) is 0 Å². The van der Waals surface area contributed by atoms with E-state index in [0.29, 0.717) is 5.92 Å². The second kappa shape index (κ2) is 9.75. The van der Waals surface area contributed by atoms with Crippen LogP contribution in [0.2, 0.25) is 5.02 Å². The summed E-state index contributed by atoms with van der Waals surface area (Å²) in [6.07, 6.45) is 2.36. The molecule has 4 aromatic rings. The second-order valence-electron chi connectivity index (χ2n) is 8.54. The van der Waals surface area contributed by atoms with Gasteiger partial charge in [-0.15, -0.1) is 0 Å². The molecular weight excluding hydrogens is 398 g/mol. The van der Waals surface area contributed by atoms with Gasteiger partial charge in [0.05, 0.1) is 0 Å². The van der Waals surface area contributed by atoms with E-state index in [1.54, 1.807) is 0 Å². The molecule has 162 valence electrons. The second-order valence-corrected chi connectivity index (χ2v) is 8.97. The van der Waals surface area contributed by atoms with Crippen LogP contribution in [0.4, 0.5) is 0 Å². The van der Waals surface area contributed by atoms with Crippen molar-refractivity contribution in [3.8, 4) is 0 Å². The van der Waals surface area contributed by atoms with Crippen molar-refractivity contribution in [1.82, 2.24) is 4.57 Å². The largest absolute Gasteiger partial charge is 0.343 e. The Morgan fingerprint density at radius 1 is 0.871 bits per heavy atom. The summed E-state index contributed by atoms with van der Waals surface area (Å²) in [6.45, 7) is 14.0. The molecule has 1 unspecified atom stereocenters. The maximum Gasteiger partial charge on any atom is 0.0486 e. The first kappa shape index (κ1) is 23.2. The smallest absolute Gasteiger partial charge is 0.0486 e. The summed E-state index contributed by atoms with van der Waals surface area (Å²) in [6, 6.07) is 26.0. The standard InChI is InChI=1S/C27H28ClN.C2H6/c1-19(2)27(4,22-13-9-20(3)10-14-22)25-18-29(26-8-6-5-7-24(25)26)17-21-11-15-23(28)16-12-21;1-2/h5-16,18-19H,17H2,1-4H3;1-2H3. The van der Waals surface area contributed by atoms with E-state index in [-0.39, 0.29) is 5.41 Å². The lowest BCUT2D eigenvalue weighted by atomic mass is 9.68. The number of hydrogen-bond acceptors (Lipinski definition) is 0. The third kappa shape index (κ3) is 4.57. The van der Waals surface area contributed by atoms with E-state index in [1.165, 1.54) is 33.2 Å². The van der Waals surface area contributed by atoms with E-state index in [4.69, 9.17) is 11.6 Å². The summed E-state index contributed by atoms with van der Waals surface area (Å²) in [5, 5.41) is 2.11. The molecule has 0 radical (unpaired) electrons. The lowest BCUT2D eigenvalue weighted by molar-refractivity contribution is 0.407. The van der Waals surface area contributed by atoms with E-state index in [2.05, 4.69) is 99.1 Å². The van der Waals surface area contributed by atoms with Crippen LogP contribution in [-0.2, 0) is 12.0 Å². The minimum atomic E-state index is -0.0709. The molecular formula is C29H34ClN. The van der Waals surface area contributed by atoms with Crippen LogP contribution in [-0.4, -0.2) is 4.57 Å². The maximum absolute atomic E-state index is 6.08. The first-order valence-corrected chi connectivity index (χ1v) is 11.7. The zero-order valence-electron chi connectivity index (χ0n) is 19.6. The van der Waals surface area contributed by atoms with E-state index in [0.717, 1.165) is 11.6 Å². The summed E-state index contributed by atoms with van der Waals surface area (Å²) in [5.74, 6) is 0.458. The Morgan fingerprint density at radius 2 is 1.48 bits per heavy atom. The van der Waals surface area contributed by atoms with Crippen molar-refractivity contribution in [1.29, 1.82) is 0 Å². The monoisotopic (exact) mass is 431 g/mol. The number of aryl methyl sites for hydroxylation is 1. The van der Waals surface area contributed by atoms with Crippen molar-refractivity contribution >= 4 is 22.5 Å². The summed E-state index contributed by atoms with van der Waals surface area (Å²) >= 11 is 6.08. The highest BCUT2D eigenvalue weighted by atomic mass is 35.5. The van der Waals surface area contributed by atoms with E-state index in [9.17, 15) is 0 Å². The van der Waals surface area contributed by atoms with Crippen molar-refractivity contribution in [2.75, 3.05) is 0 Å². The average Bonchev–Trinajstić information content (AvgIpc) is 3.15. The van der Waals surface area contributed by atoms with Gasteiger partial charge in [-0.3, -0.25) is 0 Å². The third-order valence-corrected chi connectivity index (χ3v) is 6.67. The lowest BCUT2D eigenvalue weighted by Gasteiger charge is -2.35. The highest BCUT2D eigenvalue weighted by Gasteiger charge is 2.35. The number of para-hydroxylation sites is 1. The predicted octanol–water partition coefficient (Wildman–Crippen LogP) is 8.64. The Balaban J connectivity index is 0.00000132. The predicted molar refractivity (Wildman–Crippen MR) is 136 cm³/mol. The molecule has 1 atom stereocenters. The third-order valence-electron chi connectivity index (χ3n) is 6.42. The Morgan fingerprint density at radius 3 is 2.10 bits per heavy atom. The molecule has 1 nitrogen and oxygen atoms in total. The van der Waals surface area contributed by atoms with Gasteiger partial charge in [-0.25, -0.2) is 0 Å². The number of halogens is 1. The maximum atomic E-state index is 6.08. The van der Waals surface area contributed by atoms with Gasteiger partial charge in [0.15, 0.2) is 0 Å². The Kier molecular flexibility index (Phi) is 7.28. The molecule has 0 saturated carbocycles. The SMILES string of the molecule is CC.Cc1ccc(C(C)(c2cn(Cc3ccc(Cl)cc3)c3ccccc23)C(C)C)cc1. The molecule has 4 rings (SSSR count). The van der Waals surface area contributed by atoms with Crippen LogP contribution in [0.3, 0.4) is 0 Å². The molecule has 0 aliphatic rings. The molecule has 0 aliphatic heterocycles. The van der Waals surface area contributed by atoms with Crippen LogP contribution >= 0.6 is 11.6 Å². The van der Waals surface area contributed by atoms with Gasteiger partial charge in [-0.2, -0.15) is 0 Å². The van der Waals surface area contributed by atoms with Crippen molar-refractivity contribution in [3.05, 3.63) is 106 Å². The molecule has 0 bridgehead atoms. The minimum Gasteiger partial charge on any atom is -0.343 e. The van der Waals surface area contributed by atoms with E-state index in [1.807, 2.05) is 26.0 Å².